The highest BCUT2D eigenvalue weighted by atomic mass is 16.5. The molecule has 0 fully saturated rings. The summed E-state index contributed by atoms with van der Waals surface area (Å²) in [5, 5.41) is 5.79. The van der Waals surface area contributed by atoms with Gasteiger partial charge in [-0.15, -0.1) is 0 Å². The molecule has 1 aliphatic heterocycles. The van der Waals surface area contributed by atoms with E-state index < -0.39 is 12.1 Å². The Morgan fingerprint density at radius 3 is 3.31 bits per heavy atom. The zero-order valence-electron chi connectivity index (χ0n) is 7.16. The third-order valence-corrected chi connectivity index (χ3v) is 1.42. The van der Waals surface area contributed by atoms with E-state index in [1.54, 1.807) is 6.92 Å². The maximum Gasteiger partial charge on any atom is 0.407 e. The van der Waals surface area contributed by atoms with Crippen molar-refractivity contribution in [1.82, 2.24) is 10.7 Å². The minimum atomic E-state index is -0.628. The first-order valence-corrected chi connectivity index (χ1v) is 3.89. The molecule has 71 valence electrons. The van der Waals surface area contributed by atoms with Gasteiger partial charge in [-0.1, -0.05) is 0 Å². The molecule has 1 radical (unpaired) electrons. The third kappa shape index (κ3) is 2.73. The van der Waals surface area contributed by atoms with E-state index in [1.807, 2.05) is 0 Å². The highest BCUT2D eigenvalue weighted by Gasteiger charge is 2.22. The van der Waals surface area contributed by atoms with Gasteiger partial charge in [0.2, 0.25) is 0 Å². The zero-order chi connectivity index (χ0) is 9.68. The van der Waals surface area contributed by atoms with Crippen molar-refractivity contribution in [2.24, 2.45) is 5.10 Å². The summed E-state index contributed by atoms with van der Waals surface area (Å²) in [4.78, 5) is 21.9. The standard InChI is InChI=1S/C7H10N3O3/c1-2-13-7(12)9-5-3-4-8-10-6(5)11/h5H,2-3H2,1H3,(H,9,12)(H,10,11). The van der Waals surface area contributed by atoms with Gasteiger partial charge in [0.05, 0.1) is 12.8 Å². The van der Waals surface area contributed by atoms with Crippen LogP contribution in [0.2, 0.25) is 0 Å². The average molecular weight is 184 g/mol. The van der Waals surface area contributed by atoms with Crippen LogP contribution in [0.15, 0.2) is 5.10 Å². The van der Waals surface area contributed by atoms with Crippen molar-refractivity contribution in [3.8, 4) is 0 Å². The minimum Gasteiger partial charge on any atom is -0.450 e. The van der Waals surface area contributed by atoms with Gasteiger partial charge in [0.15, 0.2) is 0 Å². The summed E-state index contributed by atoms with van der Waals surface area (Å²) in [6, 6.07) is -0.628. The van der Waals surface area contributed by atoms with Crippen LogP contribution in [0.1, 0.15) is 13.3 Å². The molecule has 6 nitrogen and oxygen atoms in total. The van der Waals surface area contributed by atoms with Gasteiger partial charge in [0, 0.05) is 6.42 Å². The molecular weight excluding hydrogens is 174 g/mol. The van der Waals surface area contributed by atoms with E-state index in [9.17, 15) is 9.59 Å². The number of ether oxygens (including phenoxy) is 1. The summed E-state index contributed by atoms with van der Waals surface area (Å²) < 4.78 is 4.60. The first kappa shape index (κ1) is 9.50. The summed E-state index contributed by atoms with van der Waals surface area (Å²) in [7, 11) is 0. The van der Waals surface area contributed by atoms with Crippen LogP contribution in [-0.2, 0) is 9.53 Å². The normalized spacial score (nSPS) is 20.7. The third-order valence-electron chi connectivity index (χ3n) is 1.42. The lowest BCUT2D eigenvalue weighted by Gasteiger charge is -2.16. The summed E-state index contributed by atoms with van der Waals surface area (Å²) in [5.41, 5.74) is 2.18. The number of hydrogen-bond acceptors (Lipinski definition) is 4. The van der Waals surface area contributed by atoms with Crippen LogP contribution in [0, 0.1) is 0 Å². The van der Waals surface area contributed by atoms with E-state index in [0.29, 0.717) is 0 Å². The highest BCUT2D eigenvalue weighted by Crippen LogP contribution is 1.95. The van der Waals surface area contributed by atoms with Crippen molar-refractivity contribution in [2.45, 2.75) is 19.4 Å². The number of amides is 2. The van der Waals surface area contributed by atoms with Crippen LogP contribution in [0.25, 0.3) is 0 Å². The Bertz CT molecular complexity index is 239. The van der Waals surface area contributed by atoms with Gasteiger partial charge in [-0.3, -0.25) is 4.79 Å². The molecule has 0 aromatic heterocycles. The molecule has 1 atom stereocenters. The molecule has 0 aromatic rings. The first-order valence-electron chi connectivity index (χ1n) is 3.89. The van der Waals surface area contributed by atoms with Gasteiger partial charge in [0.1, 0.15) is 6.04 Å². The van der Waals surface area contributed by atoms with Crippen LogP contribution in [0.5, 0.6) is 0 Å². The fourth-order valence-electron chi connectivity index (χ4n) is 0.834. The smallest absolute Gasteiger partial charge is 0.407 e. The number of carbonyl (C=O) groups is 2. The molecule has 0 bridgehead atoms. The van der Waals surface area contributed by atoms with Crippen molar-refractivity contribution in [2.75, 3.05) is 6.61 Å². The topological polar surface area (TPSA) is 79.8 Å². The van der Waals surface area contributed by atoms with E-state index in [0.717, 1.165) is 0 Å². The lowest BCUT2D eigenvalue weighted by molar-refractivity contribution is -0.123. The zero-order valence-corrected chi connectivity index (χ0v) is 7.16. The summed E-state index contributed by atoms with van der Waals surface area (Å²) in [6.45, 7) is 1.96. The highest BCUT2D eigenvalue weighted by molar-refractivity contribution is 5.90. The maximum absolute atomic E-state index is 11.0. The fraction of sp³-hybridized carbons (Fsp3) is 0.571. The second kappa shape index (κ2) is 4.44. The van der Waals surface area contributed by atoms with Crippen LogP contribution in [0.3, 0.4) is 0 Å². The van der Waals surface area contributed by atoms with Gasteiger partial charge >= 0.3 is 6.09 Å². The number of hydrazone groups is 1. The maximum atomic E-state index is 11.0. The Labute approximate surface area is 75.3 Å². The Morgan fingerprint density at radius 2 is 2.69 bits per heavy atom. The molecule has 1 aliphatic rings. The van der Waals surface area contributed by atoms with Crippen LogP contribution >= 0.6 is 0 Å². The SMILES string of the molecule is CCOC(=O)NC1C[C]=NNC1=O. The number of hydrogen-bond donors (Lipinski definition) is 2. The van der Waals surface area contributed by atoms with Crippen LogP contribution in [0.4, 0.5) is 4.79 Å². The number of alkyl carbamates (subject to hydrolysis) is 1. The van der Waals surface area contributed by atoms with E-state index >= 15 is 0 Å². The molecule has 0 saturated carbocycles. The molecule has 6 heteroatoms. The van der Waals surface area contributed by atoms with Gasteiger partial charge in [0.25, 0.3) is 5.91 Å². The van der Waals surface area contributed by atoms with E-state index in [1.165, 1.54) is 0 Å². The molecular formula is C7H10N3O3. The Balaban J connectivity index is 2.39. The number of nitrogens with zero attached hydrogens (tertiary/aromatic N) is 1. The van der Waals surface area contributed by atoms with Gasteiger partial charge in [-0.2, -0.15) is 5.10 Å². The van der Waals surface area contributed by atoms with Crippen molar-refractivity contribution in [1.29, 1.82) is 0 Å². The lowest BCUT2D eigenvalue weighted by atomic mass is 10.2. The van der Waals surface area contributed by atoms with Gasteiger partial charge in [-0.05, 0) is 6.92 Å². The Morgan fingerprint density at radius 1 is 1.92 bits per heavy atom. The van der Waals surface area contributed by atoms with Crippen LogP contribution < -0.4 is 10.7 Å². The molecule has 2 N–H and O–H groups in total. The largest absolute Gasteiger partial charge is 0.450 e. The predicted molar refractivity (Wildman–Crippen MR) is 44.1 cm³/mol. The van der Waals surface area contributed by atoms with Crippen molar-refractivity contribution in [3.05, 3.63) is 0 Å². The number of nitrogens with one attached hydrogen (secondary N) is 2. The molecule has 13 heavy (non-hydrogen) atoms. The summed E-state index contributed by atoms with van der Waals surface area (Å²) >= 11 is 0. The van der Waals surface area contributed by atoms with Gasteiger partial charge < -0.3 is 10.1 Å². The molecule has 1 rings (SSSR count). The molecule has 0 aliphatic carbocycles. The summed E-state index contributed by atoms with van der Waals surface area (Å²) in [6.07, 6.45) is 2.20. The van der Waals surface area contributed by atoms with E-state index in [-0.39, 0.29) is 18.9 Å². The van der Waals surface area contributed by atoms with Crippen molar-refractivity contribution >= 4 is 18.2 Å². The first-order chi connectivity index (χ1) is 6.24. The average Bonchev–Trinajstić information content (AvgIpc) is 2.09. The van der Waals surface area contributed by atoms with E-state index in [4.69, 9.17) is 0 Å². The lowest BCUT2D eigenvalue weighted by Crippen LogP contribution is -2.47. The van der Waals surface area contributed by atoms with Crippen molar-refractivity contribution < 1.29 is 14.3 Å². The van der Waals surface area contributed by atoms with Crippen molar-refractivity contribution in [3.63, 3.8) is 0 Å². The molecule has 1 unspecified atom stereocenters. The predicted octanol–water partition coefficient (Wildman–Crippen LogP) is -0.516. The van der Waals surface area contributed by atoms with Gasteiger partial charge in [-0.25, -0.2) is 10.2 Å². The van der Waals surface area contributed by atoms with E-state index in [2.05, 4.69) is 26.8 Å². The molecule has 0 spiro atoms. The minimum absolute atomic E-state index is 0.268. The fourth-order valence-corrected chi connectivity index (χ4v) is 0.834. The molecule has 0 saturated heterocycles. The number of rotatable bonds is 2. The Hall–Kier alpha value is -1.59. The van der Waals surface area contributed by atoms with Crippen LogP contribution in [-0.4, -0.2) is 30.9 Å². The Kier molecular flexibility index (Phi) is 3.24. The number of carbonyl (C=O) groups excluding carboxylic acids is 2. The summed E-state index contributed by atoms with van der Waals surface area (Å²) in [5.74, 6) is -0.355. The molecule has 2 amide bonds. The quantitative estimate of drug-likeness (QED) is 0.606. The monoisotopic (exact) mass is 184 g/mol. The molecule has 0 aromatic carbocycles. The molecule has 1 heterocycles. The second-order valence-corrected chi connectivity index (χ2v) is 2.37. The second-order valence-electron chi connectivity index (χ2n) is 2.37.